The number of hydrogen-bond acceptors (Lipinski definition) is 4. The molecule has 2 heterocycles. The summed E-state index contributed by atoms with van der Waals surface area (Å²) in [6.45, 7) is 9.01. The van der Waals surface area contributed by atoms with Crippen molar-refractivity contribution in [3.05, 3.63) is 17.0 Å². The van der Waals surface area contributed by atoms with Crippen molar-refractivity contribution in [2.24, 2.45) is 12.0 Å². The van der Waals surface area contributed by atoms with Gasteiger partial charge in [-0.25, -0.2) is 0 Å². The normalized spacial score (nSPS) is 18.9. The molecule has 2 rings (SSSR count). The Balaban J connectivity index is 1.90. The summed E-state index contributed by atoms with van der Waals surface area (Å²) in [6, 6.07) is 0.285. The Labute approximate surface area is 156 Å². The Bertz CT molecular complexity index is 593. The molecule has 142 valence electrons. The van der Waals surface area contributed by atoms with E-state index in [1.54, 1.807) is 0 Å². The topological polar surface area (TPSA) is 63.5 Å². The van der Waals surface area contributed by atoms with E-state index in [4.69, 9.17) is 4.74 Å². The first-order valence-corrected chi connectivity index (χ1v) is 10.2. The summed E-state index contributed by atoms with van der Waals surface area (Å²) < 4.78 is 7.72. The number of nitrogens with zero attached hydrogens (tertiary/aromatic N) is 3. The number of hydrogen-bond donors (Lipinski definition) is 2. The lowest BCUT2D eigenvalue weighted by Crippen LogP contribution is -2.50. The highest BCUT2D eigenvalue weighted by Gasteiger charge is 2.31. The van der Waals surface area contributed by atoms with Gasteiger partial charge >= 0.3 is 0 Å². The van der Waals surface area contributed by atoms with Crippen LogP contribution in [0.3, 0.4) is 0 Å². The second kappa shape index (κ2) is 8.94. The standard InChI is InChI=1S/C18H33N5OS/c1-13(11-16-14(2)22-23(5)15(16)3)21-17(19-4)20-12-18(25-6)7-9-24-10-8-18/h13H,7-12H2,1-6H3,(H2,19,20,21). The van der Waals surface area contributed by atoms with Gasteiger partial charge in [-0.3, -0.25) is 9.67 Å². The van der Waals surface area contributed by atoms with E-state index in [0.29, 0.717) is 0 Å². The van der Waals surface area contributed by atoms with E-state index in [1.807, 2.05) is 30.5 Å². The minimum atomic E-state index is 0.246. The molecule has 0 saturated carbocycles. The number of nitrogens with one attached hydrogen (secondary N) is 2. The van der Waals surface area contributed by atoms with Gasteiger partial charge in [-0.15, -0.1) is 0 Å². The van der Waals surface area contributed by atoms with E-state index < -0.39 is 0 Å². The summed E-state index contributed by atoms with van der Waals surface area (Å²) in [7, 11) is 3.83. The summed E-state index contributed by atoms with van der Waals surface area (Å²) in [5, 5.41) is 11.6. The summed E-state index contributed by atoms with van der Waals surface area (Å²) in [5.74, 6) is 0.867. The van der Waals surface area contributed by atoms with E-state index in [2.05, 4.69) is 47.8 Å². The molecular weight excluding hydrogens is 334 g/mol. The van der Waals surface area contributed by atoms with Crippen LogP contribution in [0.15, 0.2) is 4.99 Å². The summed E-state index contributed by atoms with van der Waals surface area (Å²) in [4.78, 5) is 4.40. The van der Waals surface area contributed by atoms with Gasteiger partial charge in [0.25, 0.3) is 0 Å². The van der Waals surface area contributed by atoms with Crippen LogP contribution < -0.4 is 10.6 Å². The molecule has 0 bridgehead atoms. The van der Waals surface area contributed by atoms with Gasteiger partial charge in [0.05, 0.1) is 5.69 Å². The fraction of sp³-hybridized carbons (Fsp3) is 0.778. The van der Waals surface area contributed by atoms with E-state index in [0.717, 1.165) is 50.7 Å². The Morgan fingerprint density at radius 1 is 1.40 bits per heavy atom. The molecule has 1 aliphatic rings. The zero-order valence-corrected chi connectivity index (χ0v) is 17.3. The van der Waals surface area contributed by atoms with Crippen molar-refractivity contribution >= 4 is 17.7 Å². The first-order valence-electron chi connectivity index (χ1n) is 9.00. The molecule has 0 amide bonds. The molecule has 1 unspecified atom stereocenters. The van der Waals surface area contributed by atoms with Gasteiger partial charge in [-0.2, -0.15) is 16.9 Å². The van der Waals surface area contributed by atoms with Gasteiger partial charge < -0.3 is 15.4 Å². The molecular formula is C18H33N5OS. The van der Waals surface area contributed by atoms with Gasteiger partial charge in [0.15, 0.2) is 5.96 Å². The maximum atomic E-state index is 5.52. The summed E-state index contributed by atoms with van der Waals surface area (Å²) >= 11 is 1.94. The SMILES string of the molecule is CN=C(NCC1(SC)CCOCC1)NC(C)Cc1c(C)nn(C)c1C. The molecule has 6 nitrogen and oxygen atoms in total. The number of ether oxygens (including phenoxy) is 1. The molecule has 25 heavy (non-hydrogen) atoms. The van der Waals surface area contributed by atoms with Crippen molar-refractivity contribution < 1.29 is 4.74 Å². The Kier molecular flexibility index (Phi) is 7.19. The number of guanidine groups is 1. The van der Waals surface area contributed by atoms with Crippen molar-refractivity contribution in [3.8, 4) is 0 Å². The highest BCUT2D eigenvalue weighted by molar-refractivity contribution is 8.00. The first kappa shape index (κ1) is 20.1. The summed E-state index contributed by atoms with van der Waals surface area (Å²) in [5.41, 5.74) is 3.67. The number of aryl methyl sites for hydroxylation is 2. The molecule has 0 aliphatic carbocycles. The van der Waals surface area contributed by atoms with Crippen LogP contribution in [0.5, 0.6) is 0 Å². The van der Waals surface area contributed by atoms with E-state index in [9.17, 15) is 0 Å². The van der Waals surface area contributed by atoms with Gasteiger partial charge in [0.2, 0.25) is 0 Å². The average molecular weight is 368 g/mol. The molecule has 0 aromatic carbocycles. The minimum absolute atomic E-state index is 0.246. The number of aliphatic imine (C=N–C) groups is 1. The van der Waals surface area contributed by atoms with Crippen LogP contribution in [0.25, 0.3) is 0 Å². The molecule has 1 aromatic heterocycles. The molecule has 2 N–H and O–H groups in total. The average Bonchev–Trinajstić information content (AvgIpc) is 2.85. The van der Waals surface area contributed by atoms with E-state index in [1.165, 1.54) is 11.3 Å². The van der Waals surface area contributed by atoms with E-state index in [-0.39, 0.29) is 10.8 Å². The smallest absolute Gasteiger partial charge is 0.191 e. The van der Waals surface area contributed by atoms with Gasteiger partial charge in [0, 0.05) is 50.3 Å². The number of rotatable bonds is 6. The molecule has 1 aromatic rings. The van der Waals surface area contributed by atoms with Gasteiger partial charge in [-0.1, -0.05) is 0 Å². The predicted molar refractivity (Wildman–Crippen MR) is 107 cm³/mol. The van der Waals surface area contributed by atoms with Crippen LogP contribution in [-0.4, -0.2) is 59.6 Å². The fourth-order valence-corrected chi connectivity index (χ4v) is 4.13. The third-order valence-electron chi connectivity index (χ3n) is 5.19. The van der Waals surface area contributed by atoms with Crippen LogP contribution >= 0.6 is 11.8 Å². The molecule has 1 fully saturated rings. The lowest BCUT2D eigenvalue weighted by Gasteiger charge is -2.36. The Morgan fingerprint density at radius 2 is 2.08 bits per heavy atom. The molecule has 0 radical (unpaired) electrons. The second-order valence-electron chi connectivity index (χ2n) is 6.95. The predicted octanol–water partition coefficient (Wildman–Crippen LogP) is 2.05. The van der Waals surface area contributed by atoms with Crippen LogP contribution in [0.2, 0.25) is 0 Å². The summed E-state index contributed by atoms with van der Waals surface area (Å²) in [6.07, 6.45) is 5.30. The number of aromatic nitrogens is 2. The van der Waals surface area contributed by atoms with Crippen LogP contribution in [-0.2, 0) is 18.2 Å². The van der Waals surface area contributed by atoms with Crippen molar-refractivity contribution in [2.45, 2.75) is 50.8 Å². The first-order chi connectivity index (χ1) is 11.9. The number of thioether (sulfide) groups is 1. The molecule has 1 saturated heterocycles. The van der Waals surface area contributed by atoms with Crippen LogP contribution in [0.4, 0.5) is 0 Å². The zero-order valence-electron chi connectivity index (χ0n) is 16.5. The maximum Gasteiger partial charge on any atom is 0.191 e. The van der Waals surface area contributed by atoms with Crippen LogP contribution in [0, 0.1) is 13.8 Å². The Morgan fingerprint density at radius 3 is 2.60 bits per heavy atom. The zero-order chi connectivity index (χ0) is 18.4. The highest BCUT2D eigenvalue weighted by Crippen LogP contribution is 2.32. The fourth-order valence-electron chi connectivity index (χ4n) is 3.34. The molecule has 1 aliphatic heterocycles. The molecule has 0 spiro atoms. The van der Waals surface area contributed by atoms with Crippen LogP contribution in [0.1, 0.15) is 36.7 Å². The molecule has 1 atom stereocenters. The van der Waals surface area contributed by atoms with Crippen molar-refractivity contribution in [3.63, 3.8) is 0 Å². The molecule has 7 heteroatoms. The third-order valence-corrected chi connectivity index (χ3v) is 6.61. The van der Waals surface area contributed by atoms with Crippen molar-refractivity contribution in [1.82, 2.24) is 20.4 Å². The largest absolute Gasteiger partial charge is 0.381 e. The van der Waals surface area contributed by atoms with Crippen molar-refractivity contribution in [1.29, 1.82) is 0 Å². The highest BCUT2D eigenvalue weighted by atomic mass is 32.2. The second-order valence-corrected chi connectivity index (χ2v) is 8.22. The van der Waals surface area contributed by atoms with Crippen molar-refractivity contribution in [2.75, 3.05) is 33.1 Å². The minimum Gasteiger partial charge on any atom is -0.381 e. The lowest BCUT2D eigenvalue weighted by molar-refractivity contribution is 0.0782. The lowest BCUT2D eigenvalue weighted by atomic mass is 9.99. The third kappa shape index (κ3) is 5.14. The maximum absolute atomic E-state index is 5.52. The van der Waals surface area contributed by atoms with Gasteiger partial charge in [-0.05, 0) is 51.9 Å². The monoisotopic (exact) mass is 367 g/mol. The Hall–Kier alpha value is -1.21. The van der Waals surface area contributed by atoms with E-state index >= 15 is 0 Å². The quantitative estimate of drug-likeness (QED) is 0.595. The van der Waals surface area contributed by atoms with Gasteiger partial charge in [0.1, 0.15) is 0 Å².